The van der Waals surface area contributed by atoms with Crippen LogP contribution in [0.2, 0.25) is 0 Å². The second kappa shape index (κ2) is 7.05. The third-order valence-electron chi connectivity index (χ3n) is 5.60. The SMILES string of the molecule is O=C(C[C@H]1OCCc2ccsc21)N1CCC[C@@H](c2nnc3ccccn23)C1. The lowest BCUT2D eigenvalue weighted by molar-refractivity contribution is -0.135. The molecule has 5 heterocycles. The van der Waals surface area contributed by atoms with E-state index in [1.165, 1.54) is 10.4 Å². The molecular formula is C20H22N4O2S. The molecule has 3 aromatic heterocycles. The van der Waals surface area contributed by atoms with Crippen molar-refractivity contribution in [1.29, 1.82) is 0 Å². The van der Waals surface area contributed by atoms with Gasteiger partial charge in [0.15, 0.2) is 5.65 Å². The Bertz CT molecular complexity index is 966. The molecular weight excluding hydrogens is 360 g/mol. The zero-order valence-corrected chi connectivity index (χ0v) is 15.9. The Kier molecular flexibility index (Phi) is 4.41. The van der Waals surface area contributed by atoms with Gasteiger partial charge in [0.2, 0.25) is 5.91 Å². The van der Waals surface area contributed by atoms with Gasteiger partial charge in [0.05, 0.1) is 13.0 Å². The summed E-state index contributed by atoms with van der Waals surface area (Å²) in [7, 11) is 0. The van der Waals surface area contributed by atoms with E-state index in [-0.39, 0.29) is 17.9 Å². The molecule has 1 fully saturated rings. The van der Waals surface area contributed by atoms with Crippen molar-refractivity contribution < 1.29 is 9.53 Å². The summed E-state index contributed by atoms with van der Waals surface area (Å²) in [6, 6.07) is 8.08. The molecule has 0 radical (unpaired) electrons. The summed E-state index contributed by atoms with van der Waals surface area (Å²) in [5.74, 6) is 1.36. The number of amides is 1. The van der Waals surface area contributed by atoms with Crippen molar-refractivity contribution in [1.82, 2.24) is 19.5 Å². The minimum absolute atomic E-state index is 0.0875. The molecule has 3 aromatic rings. The number of hydrogen-bond donors (Lipinski definition) is 0. The molecule has 1 amide bonds. The highest BCUT2D eigenvalue weighted by Crippen LogP contribution is 2.35. The minimum Gasteiger partial charge on any atom is -0.372 e. The Labute approximate surface area is 161 Å². The molecule has 2 aliphatic rings. The van der Waals surface area contributed by atoms with Gasteiger partial charge in [-0.1, -0.05) is 6.07 Å². The number of rotatable bonds is 3. The highest BCUT2D eigenvalue weighted by Gasteiger charge is 2.31. The first-order valence-corrected chi connectivity index (χ1v) is 10.4. The topological polar surface area (TPSA) is 59.7 Å². The van der Waals surface area contributed by atoms with Crippen molar-refractivity contribution in [3.63, 3.8) is 0 Å². The normalized spacial score (nSPS) is 22.7. The van der Waals surface area contributed by atoms with Crippen LogP contribution in [0.15, 0.2) is 35.8 Å². The monoisotopic (exact) mass is 382 g/mol. The number of piperidine rings is 1. The number of thiophene rings is 1. The maximum absolute atomic E-state index is 13.0. The third-order valence-corrected chi connectivity index (χ3v) is 6.65. The molecule has 2 aliphatic heterocycles. The zero-order valence-electron chi connectivity index (χ0n) is 15.1. The van der Waals surface area contributed by atoms with Gasteiger partial charge in [0, 0.05) is 30.1 Å². The van der Waals surface area contributed by atoms with Crippen molar-refractivity contribution in [3.05, 3.63) is 52.1 Å². The largest absolute Gasteiger partial charge is 0.372 e. The van der Waals surface area contributed by atoms with E-state index in [9.17, 15) is 4.79 Å². The quantitative estimate of drug-likeness (QED) is 0.698. The molecule has 0 aliphatic carbocycles. The number of carbonyl (C=O) groups is 1. The Morgan fingerprint density at radius 1 is 1.30 bits per heavy atom. The van der Waals surface area contributed by atoms with Crippen LogP contribution in [0.4, 0.5) is 0 Å². The molecule has 0 unspecified atom stereocenters. The second-order valence-corrected chi connectivity index (χ2v) is 8.24. The van der Waals surface area contributed by atoms with Gasteiger partial charge in [-0.3, -0.25) is 9.20 Å². The number of pyridine rings is 1. The van der Waals surface area contributed by atoms with E-state index in [4.69, 9.17) is 4.74 Å². The maximum Gasteiger partial charge on any atom is 0.225 e. The van der Waals surface area contributed by atoms with Gasteiger partial charge in [0.1, 0.15) is 11.9 Å². The average Bonchev–Trinajstić information content (AvgIpc) is 3.35. The van der Waals surface area contributed by atoms with Gasteiger partial charge in [-0.15, -0.1) is 21.5 Å². The molecule has 0 aromatic carbocycles. The Morgan fingerprint density at radius 2 is 2.26 bits per heavy atom. The van der Waals surface area contributed by atoms with Crippen LogP contribution in [0.1, 0.15) is 47.5 Å². The molecule has 0 N–H and O–H groups in total. The lowest BCUT2D eigenvalue weighted by Crippen LogP contribution is -2.40. The third kappa shape index (κ3) is 3.15. The average molecular weight is 382 g/mol. The highest BCUT2D eigenvalue weighted by molar-refractivity contribution is 7.10. The zero-order chi connectivity index (χ0) is 18.2. The fourth-order valence-corrected chi connectivity index (χ4v) is 5.22. The van der Waals surface area contributed by atoms with Crippen molar-refractivity contribution in [2.45, 2.75) is 37.7 Å². The number of fused-ring (bicyclic) bond motifs is 2. The smallest absolute Gasteiger partial charge is 0.225 e. The van der Waals surface area contributed by atoms with Crippen LogP contribution in [0, 0.1) is 0 Å². The summed E-state index contributed by atoms with van der Waals surface area (Å²) >= 11 is 1.70. The molecule has 7 heteroatoms. The fourth-order valence-electron chi connectivity index (χ4n) is 4.22. The number of carbonyl (C=O) groups excluding carboxylic acids is 1. The van der Waals surface area contributed by atoms with Gasteiger partial charge in [-0.05, 0) is 48.4 Å². The number of hydrogen-bond acceptors (Lipinski definition) is 5. The number of aromatic nitrogens is 3. The molecule has 2 atom stereocenters. The van der Waals surface area contributed by atoms with Gasteiger partial charge >= 0.3 is 0 Å². The van der Waals surface area contributed by atoms with Crippen LogP contribution in [-0.2, 0) is 16.0 Å². The van der Waals surface area contributed by atoms with Crippen LogP contribution >= 0.6 is 11.3 Å². The fraction of sp³-hybridized carbons (Fsp3) is 0.450. The Morgan fingerprint density at radius 3 is 3.22 bits per heavy atom. The Hall–Kier alpha value is -2.25. The summed E-state index contributed by atoms with van der Waals surface area (Å²) < 4.78 is 7.96. The van der Waals surface area contributed by atoms with Crippen LogP contribution in [0.25, 0.3) is 5.65 Å². The molecule has 0 spiro atoms. The van der Waals surface area contributed by atoms with E-state index in [0.717, 1.165) is 37.3 Å². The summed E-state index contributed by atoms with van der Waals surface area (Å²) in [6.07, 6.45) is 5.33. The van der Waals surface area contributed by atoms with Crippen molar-refractivity contribution in [2.75, 3.05) is 19.7 Å². The molecule has 1 saturated heterocycles. The van der Waals surface area contributed by atoms with Gasteiger partial charge in [0.25, 0.3) is 0 Å². The molecule has 0 saturated carbocycles. The van der Waals surface area contributed by atoms with Crippen LogP contribution in [0.5, 0.6) is 0 Å². The van der Waals surface area contributed by atoms with Gasteiger partial charge in [-0.25, -0.2) is 0 Å². The van der Waals surface area contributed by atoms with Crippen LogP contribution < -0.4 is 0 Å². The predicted molar refractivity (Wildman–Crippen MR) is 103 cm³/mol. The minimum atomic E-state index is -0.0875. The first kappa shape index (κ1) is 16.9. The van der Waals surface area contributed by atoms with Crippen LogP contribution in [-0.4, -0.2) is 45.1 Å². The first-order chi connectivity index (χ1) is 13.3. The first-order valence-electron chi connectivity index (χ1n) is 9.55. The summed E-state index contributed by atoms with van der Waals surface area (Å²) in [5.41, 5.74) is 2.20. The number of ether oxygens (including phenoxy) is 1. The van der Waals surface area contributed by atoms with Crippen LogP contribution in [0.3, 0.4) is 0 Å². The lowest BCUT2D eigenvalue weighted by atomic mass is 9.96. The molecule has 6 nitrogen and oxygen atoms in total. The number of nitrogens with zero attached hydrogens (tertiary/aromatic N) is 4. The highest BCUT2D eigenvalue weighted by atomic mass is 32.1. The van der Waals surface area contributed by atoms with E-state index < -0.39 is 0 Å². The summed E-state index contributed by atoms with van der Waals surface area (Å²) in [4.78, 5) is 16.2. The summed E-state index contributed by atoms with van der Waals surface area (Å²) in [6.45, 7) is 2.23. The second-order valence-electron chi connectivity index (χ2n) is 7.29. The van der Waals surface area contributed by atoms with Crippen molar-refractivity contribution >= 4 is 22.9 Å². The van der Waals surface area contributed by atoms with E-state index >= 15 is 0 Å². The van der Waals surface area contributed by atoms with E-state index in [0.29, 0.717) is 19.6 Å². The van der Waals surface area contributed by atoms with E-state index in [1.54, 1.807) is 11.3 Å². The Balaban J connectivity index is 1.31. The predicted octanol–water partition coefficient (Wildman–Crippen LogP) is 3.20. The van der Waals surface area contributed by atoms with Gasteiger partial charge < -0.3 is 9.64 Å². The molecule has 0 bridgehead atoms. The van der Waals surface area contributed by atoms with E-state index in [2.05, 4.69) is 21.6 Å². The number of likely N-dealkylation sites (tertiary alicyclic amines) is 1. The van der Waals surface area contributed by atoms with Crippen molar-refractivity contribution in [2.24, 2.45) is 0 Å². The molecule has 140 valence electrons. The molecule has 5 rings (SSSR count). The maximum atomic E-state index is 13.0. The van der Waals surface area contributed by atoms with Gasteiger partial charge in [-0.2, -0.15) is 0 Å². The molecule has 27 heavy (non-hydrogen) atoms. The van der Waals surface area contributed by atoms with E-state index in [1.807, 2.05) is 33.7 Å². The summed E-state index contributed by atoms with van der Waals surface area (Å²) in [5, 5.41) is 10.8. The van der Waals surface area contributed by atoms with Crippen molar-refractivity contribution in [3.8, 4) is 0 Å². The standard InChI is InChI=1S/C20H22N4O2S/c25-18(12-16-19-14(6-10-26-16)7-11-27-19)23-8-3-4-15(13-23)20-22-21-17-5-1-2-9-24(17)20/h1-2,5,7,9,11,15-16H,3-4,6,8,10,12-13H2/t15-,16-/m1/s1. The lowest BCUT2D eigenvalue weighted by Gasteiger charge is -2.33.